The summed E-state index contributed by atoms with van der Waals surface area (Å²) < 4.78 is 10.7. The highest BCUT2D eigenvalue weighted by atomic mass is 32.1. The molecular weight excluding hydrogens is 462 g/mol. The minimum atomic E-state index is -0.711. The monoisotopic (exact) mass is 491 g/mol. The maximum absolute atomic E-state index is 13.3. The number of amides is 1. The Morgan fingerprint density at radius 1 is 1.03 bits per heavy atom. The van der Waals surface area contributed by atoms with E-state index in [-0.39, 0.29) is 23.3 Å². The van der Waals surface area contributed by atoms with Gasteiger partial charge < -0.3 is 19.5 Å². The number of likely N-dealkylation sites (tertiary alicyclic amines) is 1. The molecule has 1 amide bonds. The Hall–Kier alpha value is -3.58. The number of methoxy groups -OCH3 is 2. The van der Waals surface area contributed by atoms with Gasteiger partial charge in [-0.1, -0.05) is 45.0 Å². The van der Waals surface area contributed by atoms with Crippen LogP contribution in [0.3, 0.4) is 0 Å². The Morgan fingerprint density at radius 2 is 1.74 bits per heavy atom. The maximum atomic E-state index is 13.3. The van der Waals surface area contributed by atoms with Crippen molar-refractivity contribution >= 4 is 28.8 Å². The molecule has 0 aliphatic carbocycles. The van der Waals surface area contributed by atoms with E-state index in [1.54, 1.807) is 13.2 Å². The van der Waals surface area contributed by atoms with Crippen molar-refractivity contribution in [3.8, 4) is 11.5 Å². The number of nitrogens with zero attached hydrogens (tertiary/aromatic N) is 1. The Labute approximate surface area is 209 Å². The van der Waals surface area contributed by atoms with Gasteiger partial charge in [0.1, 0.15) is 17.3 Å². The van der Waals surface area contributed by atoms with E-state index in [1.165, 1.54) is 23.3 Å². The average Bonchev–Trinajstić information content (AvgIpc) is 3.46. The molecule has 2 heterocycles. The summed E-state index contributed by atoms with van der Waals surface area (Å²) in [5.74, 6) is -0.454. The number of aliphatic hydroxyl groups excluding tert-OH is 1. The van der Waals surface area contributed by atoms with E-state index in [0.29, 0.717) is 17.1 Å². The van der Waals surface area contributed by atoms with Crippen LogP contribution in [0, 0.1) is 0 Å². The lowest BCUT2D eigenvalue weighted by atomic mass is 9.85. The predicted molar refractivity (Wildman–Crippen MR) is 137 cm³/mol. The van der Waals surface area contributed by atoms with Gasteiger partial charge in [0.15, 0.2) is 0 Å². The van der Waals surface area contributed by atoms with E-state index < -0.39 is 17.7 Å². The van der Waals surface area contributed by atoms with Crippen molar-refractivity contribution in [3.63, 3.8) is 0 Å². The zero-order chi connectivity index (χ0) is 25.3. The molecule has 1 atom stereocenters. The number of benzene rings is 2. The van der Waals surface area contributed by atoms with Gasteiger partial charge in [0.25, 0.3) is 11.7 Å². The van der Waals surface area contributed by atoms with Crippen molar-refractivity contribution in [1.29, 1.82) is 0 Å². The molecule has 1 unspecified atom stereocenters. The minimum Gasteiger partial charge on any atom is -0.507 e. The predicted octanol–water partition coefficient (Wildman–Crippen LogP) is 5.68. The fourth-order valence-electron chi connectivity index (χ4n) is 4.22. The lowest BCUT2D eigenvalue weighted by Gasteiger charge is -2.25. The van der Waals surface area contributed by atoms with Crippen molar-refractivity contribution in [2.24, 2.45) is 0 Å². The van der Waals surface area contributed by atoms with Gasteiger partial charge in [0, 0.05) is 11.4 Å². The van der Waals surface area contributed by atoms with Crippen LogP contribution in [-0.2, 0) is 21.5 Å². The summed E-state index contributed by atoms with van der Waals surface area (Å²) in [6.45, 7) is 6.42. The fourth-order valence-corrected chi connectivity index (χ4v) is 5.06. The number of carbonyl (C=O) groups excluding carboxylic acids is 2. The molecule has 1 aromatic heterocycles. The van der Waals surface area contributed by atoms with Crippen LogP contribution in [0.2, 0.25) is 0 Å². The number of ketones is 1. The van der Waals surface area contributed by atoms with E-state index in [2.05, 4.69) is 20.8 Å². The van der Waals surface area contributed by atoms with Crippen molar-refractivity contribution in [2.45, 2.75) is 38.8 Å². The Morgan fingerprint density at radius 3 is 2.31 bits per heavy atom. The molecule has 6 nitrogen and oxygen atoms in total. The van der Waals surface area contributed by atoms with Gasteiger partial charge in [-0.15, -0.1) is 11.3 Å². The third-order valence-electron chi connectivity index (χ3n) is 6.19. The Bertz CT molecular complexity index is 1270. The van der Waals surface area contributed by atoms with Gasteiger partial charge in [-0.2, -0.15) is 0 Å². The number of rotatable bonds is 6. The standard InChI is InChI=1S/C28H29NO5S/c1-28(2,3)18-10-13-21(34-5)20(15-18)25(30)23-24(22-7-6-14-35-22)29(27(32)26(23)31)16-17-8-11-19(33-4)12-9-17/h6-15,24,30H,16H2,1-5H3/b25-23+. The topological polar surface area (TPSA) is 76.1 Å². The quantitative estimate of drug-likeness (QED) is 0.273. The van der Waals surface area contributed by atoms with Gasteiger partial charge in [-0.3, -0.25) is 9.59 Å². The third kappa shape index (κ3) is 4.68. The number of carbonyl (C=O) groups is 2. The number of hydrogen-bond donors (Lipinski definition) is 1. The van der Waals surface area contributed by atoms with Crippen LogP contribution in [0.25, 0.3) is 5.76 Å². The largest absolute Gasteiger partial charge is 0.507 e. The first-order chi connectivity index (χ1) is 16.7. The molecule has 0 spiro atoms. The molecule has 1 N–H and O–H groups in total. The van der Waals surface area contributed by atoms with Crippen LogP contribution in [-0.4, -0.2) is 35.9 Å². The fraction of sp³-hybridized carbons (Fsp3) is 0.286. The summed E-state index contributed by atoms with van der Waals surface area (Å²) in [5.41, 5.74) is 2.09. The van der Waals surface area contributed by atoms with Gasteiger partial charge in [-0.05, 0) is 52.3 Å². The van der Waals surface area contributed by atoms with Crippen molar-refractivity contribution in [1.82, 2.24) is 4.90 Å². The summed E-state index contributed by atoms with van der Waals surface area (Å²) in [6.07, 6.45) is 0. The number of thiophene rings is 1. The molecular formula is C28H29NO5S. The zero-order valence-electron chi connectivity index (χ0n) is 20.5. The summed E-state index contributed by atoms with van der Waals surface area (Å²) in [7, 11) is 3.11. The van der Waals surface area contributed by atoms with Crippen molar-refractivity contribution in [3.05, 3.63) is 87.1 Å². The number of hydrogen-bond acceptors (Lipinski definition) is 6. The first kappa shape index (κ1) is 24.5. The van der Waals surface area contributed by atoms with E-state index >= 15 is 0 Å². The molecule has 0 saturated carbocycles. The first-order valence-electron chi connectivity index (χ1n) is 11.3. The second-order valence-electron chi connectivity index (χ2n) is 9.46. The molecule has 0 bridgehead atoms. The summed E-state index contributed by atoms with van der Waals surface area (Å²) in [4.78, 5) is 28.9. The third-order valence-corrected chi connectivity index (χ3v) is 7.11. The molecule has 1 aliphatic heterocycles. The molecule has 1 fully saturated rings. The molecule has 35 heavy (non-hydrogen) atoms. The van der Waals surface area contributed by atoms with Crippen molar-refractivity contribution < 1.29 is 24.2 Å². The highest BCUT2D eigenvalue weighted by molar-refractivity contribution is 7.10. The van der Waals surface area contributed by atoms with E-state index in [0.717, 1.165) is 16.0 Å². The van der Waals surface area contributed by atoms with E-state index in [9.17, 15) is 14.7 Å². The average molecular weight is 492 g/mol. The van der Waals surface area contributed by atoms with Crippen LogP contribution >= 0.6 is 11.3 Å². The van der Waals surface area contributed by atoms with E-state index in [1.807, 2.05) is 53.9 Å². The molecule has 0 radical (unpaired) electrons. The smallest absolute Gasteiger partial charge is 0.295 e. The van der Waals surface area contributed by atoms with Gasteiger partial charge >= 0.3 is 0 Å². The van der Waals surface area contributed by atoms with Crippen LogP contribution in [0.1, 0.15) is 48.4 Å². The molecule has 4 rings (SSSR count). The second-order valence-corrected chi connectivity index (χ2v) is 10.4. The van der Waals surface area contributed by atoms with E-state index in [4.69, 9.17) is 9.47 Å². The number of Topliss-reactive ketones (excluding diaryl/α,β-unsaturated/α-hetero) is 1. The SMILES string of the molecule is COc1ccc(CN2C(=O)C(=O)/C(=C(/O)c3cc(C(C)(C)C)ccc3OC)C2c2cccs2)cc1. The minimum absolute atomic E-state index is 0.0651. The molecule has 7 heteroatoms. The molecule has 1 saturated heterocycles. The Kier molecular flexibility index (Phi) is 6.72. The molecule has 3 aromatic rings. The Balaban J connectivity index is 1.86. The summed E-state index contributed by atoms with van der Waals surface area (Å²) in [5, 5.41) is 13.4. The lowest BCUT2D eigenvalue weighted by Crippen LogP contribution is -2.28. The lowest BCUT2D eigenvalue weighted by molar-refractivity contribution is -0.140. The van der Waals surface area contributed by atoms with Crippen molar-refractivity contribution in [2.75, 3.05) is 14.2 Å². The number of ether oxygens (including phenoxy) is 2. The van der Waals surface area contributed by atoms with Crippen LogP contribution in [0.5, 0.6) is 11.5 Å². The zero-order valence-corrected chi connectivity index (χ0v) is 21.3. The molecule has 2 aromatic carbocycles. The first-order valence-corrected chi connectivity index (χ1v) is 12.2. The highest BCUT2D eigenvalue weighted by Crippen LogP contribution is 2.43. The van der Waals surface area contributed by atoms with Crippen LogP contribution in [0.15, 0.2) is 65.6 Å². The van der Waals surface area contributed by atoms with Gasteiger partial charge in [0.2, 0.25) is 0 Å². The second kappa shape index (κ2) is 9.58. The molecule has 182 valence electrons. The van der Waals surface area contributed by atoms with Crippen LogP contribution in [0.4, 0.5) is 0 Å². The summed E-state index contributed by atoms with van der Waals surface area (Å²) >= 11 is 1.44. The normalized spacial score (nSPS) is 17.6. The summed E-state index contributed by atoms with van der Waals surface area (Å²) in [6, 6.07) is 15.9. The maximum Gasteiger partial charge on any atom is 0.295 e. The molecule has 1 aliphatic rings. The number of aliphatic hydroxyl groups is 1. The van der Waals surface area contributed by atoms with Gasteiger partial charge in [-0.25, -0.2) is 0 Å². The van der Waals surface area contributed by atoms with Crippen LogP contribution < -0.4 is 9.47 Å². The highest BCUT2D eigenvalue weighted by Gasteiger charge is 2.46. The van der Waals surface area contributed by atoms with Gasteiger partial charge in [0.05, 0.1) is 31.4 Å².